The number of rotatable bonds is 3. The first-order valence-electron chi connectivity index (χ1n) is 6.78. The van der Waals surface area contributed by atoms with E-state index in [9.17, 15) is 14.7 Å². The van der Waals surface area contributed by atoms with Crippen LogP contribution >= 0.6 is 0 Å². The molecule has 3 aromatic rings. The van der Waals surface area contributed by atoms with E-state index in [1.54, 1.807) is 42.5 Å². The molecule has 108 valence electrons. The highest BCUT2D eigenvalue weighted by Gasteiger charge is 2.16. The number of anilines is 1. The van der Waals surface area contributed by atoms with Gasteiger partial charge in [0.05, 0.1) is 5.56 Å². The normalized spacial score (nSPS) is 10.4. The van der Waals surface area contributed by atoms with Crippen LogP contribution in [0.25, 0.3) is 10.8 Å². The second-order valence-corrected chi connectivity index (χ2v) is 4.83. The Labute approximate surface area is 127 Å². The third-order valence-corrected chi connectivity index (χ3v) is 3.41. The number of benzene rings is 3. The summed E-state index contributed by atoms with van der Waals surface area (Å²) in [5.74, 6) is -1.38. The van der Waals surface area contributed by atoms with Crippen molar-refractivity contribution in [1.82, 2.24) is 0 Å². The van der Waals surface area contributed by atoms with Crippen molar-refractivity contribution in [2.75, 3.05) is 5.32 Å². The van der Waals surface area contributed by atoms with Crippen LogP contribution in [-0.4, -0.2) is 17.0 Å². The SMILES string of the molecule is O=C(O)c1cccc2cccc(C(=O)Nc3ccccc3)c12. The number of para-hydroxylation sites is 1. The van der Waals surface area contributed by atoms with Gasteiger partial charge in [-0.3, -0.25) is 4.79 Å². The topological polar surface area (TPSA) is 66.4 Å². The Morgan fingerprint density at radius 3 is 2.05 bits per heavy atom. The van der Waals surface area contributed by atoms with E-state index < -0.39 is 5.97 Å². The molecule has 0 aliphatic heterocycles. The summed E-state index contributed by atoms with van der Waals surface area (Å²) in [5.41, 5.74) is 1.13. The van der Waals surface area contributed by atoms with Gasteiger partial charge >= 0.3 is 5.97 Å². The molecule has 0 spiro atoms. The summed E-state index contributed by atoms with van der Waals surface area (Å²) in [4.78, 5) is 23.9. The maximum Gasteiger partial charge on any atom is 0.336 e. The fraction of sp³-hybridized carbons (Fsp3) is 0. The van der Waals surface area contributed by atoms with Crippen LogP contribution in [0.5, 0.6) is 0 Å². The first-order chi connectivity index (χ1) is 10.7. The lowest BCUT2D eigenvalue weighted by molar-refractivity contribution is 0.0699. The molecule has 22 heavy (non-hydrogen) atoms. The van der Waals surface area contributed by atoms with Crippen LogP contribution < -0.4 is 5.32 Å². The van der Waals surface area contributed by atoms with Gasteiger partial charge in [-0.25, -0.2) is 4.79 Å². The zero-order valence-electron chi connectivity index (χ0n) is 11.6. The van der Waals surface area contributed by atoms with Gasteiger partial charge in [-0.2, -0.15) is 0 Å². The first kappa shape index (κ1) is 13.8. The van der Waals surface area contributed by atoms with Gasteiger partial charge in [0.1, 0.15) is 0 Å². The van der Waals surface area contributed by atoms with Crippen LogP contribution in [-0.2, 0) is 0 Å². The number of aromatic carboxylic acids is 1. The number of carboxylic acid groups (broad SMARTS) is 1. The van der Waals surface area contributed by atoms with Gasteiger partial charge in [-0.1, -0.05) is 42.5 Å². The smallest absolute Gasteiger partial charge is 0.336 e. The van der Waals surface area contributed by atoms with Crippen molar-refractivity contribution in [2.45, 2.75) is 0 Å². The number of hydrogen-bond donors (Lipinski definition) is 2. The molecule has 0 aliphatic rings. The number of nitrogens with one attached hydrogen (secondary N) is 1. The van der Waals surface area contributed by atoms with Gasteiger partial charge in [0.15, 0.2) is 0 Å². The molecule has 3 aromatic carbocycles. The van der Waals surface area contributed by atoms with Crippen molar-refractivity contribution in [3.63, 3.8) is 0 Å². The highest BCUT2D eigenvalue weighted by molar-refractivity contribution is 6.17. The molecular formula is C18H13NO3. The molecule has 0 radical (unpaired) electrons. The largest absolute Gasteiger partial charge is 0.478 e. The van der Waals surface area contributed by atoms with E-state index in [4.69, 9.17) is 0 Å². The minimum absolute atomic E-state index is 0.122. The Morgan fingerprint density at radius 1 is 0.773 bits per heavy atom. The quantitative estimate of drug-likeness (QED) is 0.771. The second-order valence-electron chi connectivity index (χ2n) is 4.83. The molecule has 1 amide bonds. The molecule has 3 rings (SSSR count). The Kier molecular flexibility index (Phi) is 3.58. The number of hydrogen-bond acceptors (Lipinski definition) is 2. The van der Waals surface area contributed by atoms with E-state index in [1.807, 2.05) is 18.2 Å². The van der Waals surface area contributed by atoms with E-state index in [2.05, 4.69) is 5.32 Å². The number of carbonyl (C=O) groups excluding carboxylic acids is 1. The Morgan fingerprint density at radius 2 is 1.41 bits per heavy atom. The summed E-state index contributed by atoms with van der Waals surface area (Å²) >= 11 is 0. The fourth-order valence-corrected chi connectivity index (χ4v) is 2.43. The van der Waals surface area contributed by atoms with Crippen molar-refractivity contribution in [2.24, 2.45) is 0 Å². The molecule has 0 unspecified atom stereocenters. The molecular weight excluding hydrogens is 278 g/mol. The second kappa shape index (κ2) is 5.69. The van der Waals surface area contributed by atoms with Crippen LogP contribution in [0.1, 0.15) is 20.7 Å². The molecule has 0 bridgehead atoms. The van der Waals surface area contributed by atoms with Gasteiger partial charge in [-0.15, -0.1) is 0 Å². The van der Waals surface area contributed by atoms with Crippen molar-refractivity contribution >= 4 is 28.3 Å². The van der Waals surface area contributed by atoms with Crippen molar-refractivity contribution in [3.8, 4) is 0 Å². The van der Waals surface area contributed by atoms with Crippen LogP contribution in [0.2, 0.25) is 0 Å². The van der Waals surface area contributed by atoms with Crippen molar-refractivity contribution in [3.05, 3.63) is 77.9 Å². The maximum atomic E-state index is 12.5. The molecule has 2 N–H and O–H groups in total. The predicted octanol–water partition coefficient (Wildman–Crippen LogP) is 3.79. The summed E-state index contributed by atoms with van der Waals surface area (Å²) in [6.07, 6.45) is 0. The highest BCUT2D eigenvalue weighted by atomic mass is 16.4. The number of carbonyl (C=O) groups is 2. The Hall–Kier alpha value is -3.14. The molecule has 0 fully saturated rings. The molecule has 0 aromatic heterocycles. The summed E-state index contributed by atoms with van der Waals surface area (Å²) in [7, 11) is 0. The highest BCUT2D eigenvalue weighted by Crippen LogP contribution is 2.24. The van der Waals surface area contributed by atoms with Crippen LogP contribution in [0, 0.1) is 0 Å². The van der Waals surface area contributed by atoms with Crippen LogP contribution in [0.4, 0.5) is 5.69 Å². The molecule has 0 heterocycles. The molecule has 0 aliphatic carbocycles. The summed E-state index contributed by atoms with van der Waals surface area (Å²) in [5, 5.41) is 13.3. The lowest BCUT2D eigenvalue weighted by Gasteiger charge is -2.10. The van der Waals surface area contributed by atoms with Crippen molar-refractivity contribution in [1.29, 1.82) is 0 Å². The third-order valence-electron chi connectivity index (χ3n) is 3.41. The zero-order chi connectivity index (χ0) is 15.5. The van der Waals surface area contributed by atoms with E-state index in [1.165, 1.54) is 6.07 Å². The molecule has 0 saturated carbocycles. The number of carboxylic acids is 1. The van der Waals surface area contributed by atoms with E-state index >= 15 is 0 Å². The van der Waals surface area contributed by atoms with Gasteiger partial charge in [-0.05, 0) is 29.7 Å². The first-order valence-corrected chi connectivity index (χ1v) is 6.78. The lowest BCUT2D eigenvalue weighted by Crippen LogP contribution is -2.13. The third kappa shape index (κ3) is 2.54. The van der Waals surface area contributed by atoms with E-state index in [0.29, 0.717) is 16.6 Å². The Bertz CT molecular complexity index is 851. The predicted molar refractivity (Wildman–Crippen MR) is 85.3 cm³/mol. The number of amides is 1. The summed E-state index contributed by atoms with van der Waals surface area (Å²) in [6, 6.07) is 19.2. The number of fused-ring (bicyclic) bond motifs is 1. The van der Waals surface area contributed by atoms with Crippen LogP contribution in [0.15, 0.2) is 66.7 Å². The summed E-state index contributed by atoms with van der Waals surface area (Å²) in [6.45, 7) is 0. The molecule has 4 heteroatoms. The minimum atomic E-state index is -1.05. The monoisotopic (exact) mass is 291 g/mol. The van der Waals surface area contributed by atoms with E-state index in [0.717, 1.165) is 5.39 Å². The van der Waals surface area contributed by atoms with Crippen LogP contribution in [0.3, 0.4) is 0 Å². The summed E-state index contributed by atoms with van der Waals surface area (Å²) < 4.78 is 0. The Balaban J connectivity index is 2.10. The van der Waals surface area contributed by atoms with Crippen molar-refractivity contribution < 1.29 is 14.7 Å². The minimum Gasteiger partial charge on any atom is -0.478 e. The lowest BCUT2D eigenvalue weighted by atomic mass is 9.98. The maximum absolute atomic E-state index is 12.5. The molecule has 4 nitrogen and oxygen atoms in total. The van der Waals surface area contributed by atoms with Gasteiger partial charge in [0, 0.05) is 16.6 Å². The average molecular weight is 291 g/mol. The fourth-order valence-electron chi connectivity index (χ4n) is 2.43. The van der Waals surface area contributed by atoms with Gasteiger partial charge in [0.25, 0.3) is 5.91 Å². The van der Waals surface area contributed by atoms with E-state index in [-0.39, 0.29) is 11.5 Å². The zero-order valence-corrected chi connectivity index (χ0v) is 11.6. The molecule has 0 atom stereocenters. The van der Waals surface area contributed by atoms with Gasteiger partial charge in [0.2, 0.25) is 0 Å². The average Bonchev–Trinajstić information content (AvgIpc) is 2.54. The van der Waals surface area contributed by atoms with Gasteiger partial charge < -0.3 is 10.4 Å². The standard InChI is InChI=1S/C18H13NO3/c20-17(19-13-8-2-1-3-9-13)14-10-4-6-12-7-5-11-15(16(12)14)18(21)22/h1-11H,(H,19,20)(H,21,22). The molecule has 0 saturated heterocycles.